The Labute approximate surface area is 107 Å². The van der Waals surface area contributed by atoms with Gasteiger partial charge in [0, 0.05) is 24.3 Å². The molecule has 0 saturated heterocycles. The average molecular weight is 245 g/mol. The number of aryl methyl sites for hydroxylation is 1. The Bertz CT molecular complexity index is 544. The van der Waals surface area contributed by atoms with E-state index in [1.165, 1.54) is 0 Å². The molecular formula is C13H19N5. The minimum absolute atomic E-state index is 0.769. The fourth-order valence-electron chi connectivity index (χ4n) is 2.03. The molecule has 0 aliphatic rings. The van der Waals surface area contributed by atoms with Crippen LogP contribution < -0.4 is 11.1 Å². The van der Waals surface area contributed by atoms with Crippen molar-refractivity contribution in [3.8, 4) is 11.4 Å². The maximum Gasteiger partial charge on any atom is 0.224 e. The largest absolute Gasteiger partial charge is 0.399 e. The van der Waals surface area contributed by atoms with Gasteiger partial charge in [0.05, 0.1) is 0 Å². The van der Waals surface area contributed by atoms with E-state index in [-0.39, 0.29) is 0 Å². The molecule has 96 valence electrons. The number of nitrogens with one attached hydrogen (secondary N) is 1. The van der Waals surface area contributed by atoms with Gasteiger partial charge in [-0.2, -0.15) is 0 Å². The Kier molecular flexibility index (Phi) is 3.50. The molecule has 0 atom stereocenters. The lowest BCUT2D eigenvalue weighted by molar-refractivity contribution is 0.770. The molecule has 5 heteroatoms. The minimum atomic E-state index is 0.769. The molecule has 0 amide bonds. The van der Waals surface area contributed by atoms with Crippen LogP contribution in [0.3, 0.4) is 0 Å². The van der Waals surface area contributed by atoms with Gasteiger partial charge in [0.1, 0.15) is 0 Å². The van der Waals surface area contributed by atoms with Crippen molar-refractivity contribution >= 4 is 11.6 Å². The number of nitrogens with zero attached hydrogens (tertiary/aromatic N) is 3. The SMILES string of the molecule is CCNc1nnc(-c2ccc(N)cc2C)n1CC. The maximum atomic E-state index is 5.77. The van der Waals surface area contributed by atoms with Crippen LogP contribution in [0.15, 0.2) is 18.2 Å². The van der Waals surface area contributed by atoms with E-state index < -0.39 is 0 Å². The van der Waals surface area contributed by atoms with E-state index in [0.717, 1.165) is 41.7 Å². The zero-order valence-electron chi connectivity index (χ0n) is 11.1. The van der Waals surface area contributed by atoms with E-state index in [9.17, 15) is 0 Å². The van der Waals surface area contributed by atoms with Crippen molar-refractivity contribution in [2.45, 2.75) is 27.3 Å². The summed E-state index contributed by atoms with van der Waals surface area (Å²) >= 11 is 0. The molecule has 0 fully saturated rings. The molecule has 1 aromatic carbocycles. The van der Waals surface area contributed by atoms with Crippen LogP contribution in [-0.2, 0) is 6.54 Å². The number of hydrogen-bond donors (Lipinski definition) is 2. The van der Waals surface area contributed by atoms with Crippen LogP contribution in [0.4, 0.5) is 11.6 Å². The third kappa shape index (κ3) is 2.16. The number of nitrogens with two attached hydrogens (primary N) is 1. The second-order valence-electron chi connectivity index (χ2n) is 4.20. The van der Waals surface area contributed by atoms with E-state index in [1.807, 2.05) is 32.0 Å². The Morgan fingerprint density at radius 3 is 2.67 bits per heavy atom. The van der Waals surface area contributed by atoms with E-state index in [4.69, 9.17) is 5.73 Å². The van der Waals surface area contributed by atoms with Crippen molar-refractivity contribution < 1.29 is 0 Å². The predicted octanol–water partition coefficient (Wildman–Crippen LogP) is 2.29. The van der Waals surface area contributed by atoms with E-state index in [2.05, 4.69) is 27.0 Å². The van der Waals surface area contributed by atoms with Crippen LogP contribution in [0.25, 0.3) is 11.4 Å². The summed E-state index contributed by atoms with van der Waals surface area (Å²) in [5, 5.41) is 11.7. The maximum absolute atomic E-state index is 5.77. The van der Waals surface area contributed by atoms with Crippen LogP contribution in [0, 0.1) is 6.92 Å². The molecule has 0 aliphatic heterocycles. The van der Waals surface area contributed by atoms with Crippen molar-refractivity contribution in [1.29, 1.82) is 0 Å². The molecule has 18 heavy (non-hydrogen) atoms. The first-order valence-corrected chi connectivity index (χ1v) is 6.21. The van der Waals surface area contributed by atoms with Crippen LogP contribution in [-0.4, -0.2) is 21.3 Å². The average Bonchev–Trinajstić information content (AvgIpc) is 2.72. The molecule has 1 aromatic heterocycles. The third-order valence-corrected chi connectivity index (χ3v) is 2.89. The van der Waals surface area contributed by atoms with Crippen LogP contribution in [0.1, 0.15) is 19.4 Å². The highest BCUT2D eigenvalue weighted by molar-refractivity contribution is 5.65. The van der Waals surface area contributed by atoms with Crippen molar-refractivity contribution in [3.05, 3.63) is 23.8 Å². The molecule has 5 nitrogen and oxygen atoms in total. The summed E-state index contributed by atoms with van der Waals surface area (Å²) in [6, 6.07) is 5.84. The zero-order chi connectivity index (χ0) is 13.1. The third-order valence-electron chi connectivity index (χ3n) is 2.89. The number of aromatic nitrogens is 3. The summed E-state index contributed by atoms with van der Waals surface area (Å²) in [6.07, 6.45) is 0. The molecular weight excluding hydrogens is 226 g/mol. The minimum Gasteiger partial charge on any atom is -0.399 e. The van der Waals surface area contributed by atoms with Crippen LogP contribution in [0.5, 0.6) is 0 Å². The van der Waals surface area contributed by atoms with Gasteiger partial charge in [-0.15, -0.1) is 10.2 Å². The first-order chi connectivity index (χ1) is 8.67. The molecule has 0 aliphatic carbocycles. The summed E-state index contributed by atoms with van der Waals surface area (Å²) in [6.45, 7) is 7.82. The van der Waals surface area contributed by atoms with E-state index in [1.54, 1.807) is 0 Å². The Morgan fingerprint density at radius 1 is 1.28 bits per heavy atom. The quantitative estimate of drug-likeness (QED) is 0.811. The highest BCUT2D eigenvalue weighted by Crippen LogP contribution is 2.25. The second-order valence-corrected chi connectivity index (χ2v) is 4.20. The number of anilines is 2. The highest BCUT2D eigenvalue weighted by Gasteiger charge is 2.13. The molecule has 0 unspecified atom stereocenters. The Balaban J connectivity index is 2.50. The van der Waals surface area contributed by atoms with Gasteiger partial charge in [-0.05, 0) is 44.5 Å². The van der Waals surface area contributed by atoms with E-state index >= 15 is 0 Å². The lowest BCUT2D eigenvalue weighted by atomic mass is 10.1. The fraction of sp³-hybridized carbons (Fsp3) is 0.385. The summed E-state index contributed by atoms with van der Waals surface area (Å²) in [7, 11) is 0. The van der Waals surface area contributed by atoms with Crippen LogP contribution in [0.2, 0.25) is 0 Å². The van der Waals surface area contributed by atoms with Gasteiger partial charge in [0.2, 0.25) is 5.95 Å². The van der Waals surface area contributed by atoms with Crippen LogP contribution >= 0.6 is 0 Å². The van der Waals surface area contributed by atoms with Crippen molar-refractivity contribution in [1.82, 2.24) is 14.8 Å². The van der Waals surface area contributed by atoms with Crippen molar-refractivity contribution in [2.75, 3.05) is 17.6 Å². The standard InChI is InChI=1S/C13H19N5/c1-4-15-13-17-16-12(18(13)5-2)11-7-6-10(14)8-9(11)3/h6-8H,4-5,14H2,1-3H3,(H,15,17). The topological polar surface area (TPSA) is 68.8 Å². The summed E-state index contributed by atoms with van der Waals surface area (Å²) in [4.78, 5) is 0. The van der Waals surface area contributed by atoms with Crippen molar-refractivity contribution in [2.24, 2.45) is 0 Å². The van der Waals surface area contributed by atoms with Gasteiger partial charge in [0.25, 0.3) is 0 Å². The normalized spacial score (nSPS) is 10.6. The first kappa shape index (κ1) is 12.4. The van der Waals surface area contributed by atoms with Crippen molar-refractivity contribution in [3.63, 3.8) is 0 Å². The lowest BCUT2D eigenvalue weighted by Crippen LogP contribution is -2.07. The predicted molar refractivity (Wildman–Crippen MR) is 74.4 cm³/mol. The van der Waals surface area contributed by atoms with Gasteiger partial charge < -0.3 is 11.1 Å². The number of rotatable bonds is 4. The molecule has 3 N–H and O–H groups in total. The second kappa shape index (κ2) is 5.08. The summed E-state index contributed by atoms with van der Waals surface area (Å²) < 4.78 is 2.07. The zero-order valence-corrected chi connectivity index (χ0v) is 11.1. The lowest BCUT2D eigenvalue weighted by Gasteiger charge is -2.10. The molecule has 0 radical (unpaired) electrons. The Morgan fingerprint density at radius 2 is 2.06 bits per heavy atom. The van der Waals surface area contributed by atoms with Gasteiger partial charge >= 0.3 is 0 Å². The first-order valence-electron chi connectivity index (χ1n) is 6.21. The Hall–Kier alpha value is -2.04. The number of nitrogen functional groups attached to an aromatic ring is 1. The molecule has 0 spiro atoms. The number of benzene rings is 1. The smallest absolute Gasteiger partial charge is 0.224 e. The number of hydrogen-bond acceptors (Lipinski definition) is 4. The molecule has 2 rings (SSSR count). The summed E-state index contributed by atoms with van der Waals surface area (Å²) in [5.74, 6) is 1.69. The van der Waals surface area contributed by atoms with Gasteiger partial charge in [-0.3, -0.25) is 4.57 Å². The monoisotopic (exact) mass is 245 g/mol. The summed E-state index contributed by atoms with van der Waals surface area (Å²) in [5.41, 5.74) is 8.73. The molecule has 1 heterocycles. The molecule has 2 aromatic rings. The molecule has 0 saturated carbocycles. The van der Waals surface area contributed by atoms with Gasteiger partial charge in [-0.25, -0.2) is 0 Å². The van der Waals surface area contributed by atoms with Gasteiger partial charge in [-0.1, -0.05) is 0 Å². The fourth-order valence-corrected chi connectivity index (χ4v) is 2.03. The highest BCUT2D eigenvalue weighted by atomic mass is 15.3. The van der Waals surface area contributed by atoms with E-state index in [0.29, 0.717) is 0 Å². The van der Waals surface area contributed by atoms with Gasteiger partial charge in [0.15, 0.2) is 5.82 Å². The molecule has 0 bridgehead atoms.